The maximum atomic E-state index is 13.6. The Bertz CT molecular complexity index is 1100. The number of para-hydroxylation sites is 1. The first-order valence-corrected chi connectivity index (χ1v) is 12.0. The SMILES string of the molecule is CN1C(=S)S[C@H](N2O[C@@H]3C(=O)N(c4ccccc4)C(=O)[C@@H]3[C@@H]2c2ccc(Cl)cc2)C1(C)C. The number of benzene rings is 2. The van der Waals surface area contributed by atoms with Crippen molar-refractivity contribution in [2.45, 2.75) is 36.9 Å². The third-order valence-corrected chi connectivity index (χ3v) is 8.86. The van der Waals surface area contributed by atoms with Crippen molar-refractivity contribution < 1.29 is 14.4 Å². The van der Waals surface area contributed by atoms with E-state index in [1.807, 2.05) is 47.3 Å². The number of carbonyl (C=O) groups is 2. The Morgan fingerprint density at radius 3 is 2.28 bits per heavy atom. The van der Waals surface area contributed by atoms with E-state index in [0.29, 0.717) is 10.7 Å². The van der Waals surface area contributed by atoms with Crippen LogP contribution in [0.3, 0.4) is 0 Å². The maximum Gasteiger partial charge on any atom is 0.265 e. The number of hydrogen-bond acceptors (Lipinski definition) is 6. The lowest BCUT2D eigenvalue weighted by Crippen LogP contribution is -2.51. The number of amides is 2. The van der Waals surface area contributed by atoms with Gasteiger partial charge in [-0.1, -0.05) is 65.9 Å². The topological polar surface area (TPSA) is 53.1 Å². The predicted octanol–water partition coefficient (Wildman–Crippen LogP) is 4.25. The summed E-state index contributed by atoms with van der Waals surface area (Å²) in [4.78, 5) is 36.6. The number of thiocarbonyl (C=S) groups is 1. The van der Waals surface area contributed by atoms with E-state index in [1.54, 1.807) is 24.3 Å². The molecule has 0 saturated carbocycles. The molecule has 4 atom stereocenters. The van der Waals surface area contributed by atoms with Crippen molar-refractivity contribution in [2.24, 2.45) is 5.92 Å². The van der Waals surface area contributed by atoms with Gasteiger partial charge in [-0.25, -0.2) is 4.90 Å². The second kappa shape index (κ2) is 7.81. The lowest BCUT2D eigenvalue weighted by Gasteiger charge is -2.39. The molecule has 0 bridgehead atoms. The third-order valence-electron chi connectivity index (χ3n) is 6.56. The zero-order valence-electron chi connectivity index (χ0n) is 17.8. The van der Waals surface area contributed by atoms with Crippen LogP contribution in [0.5, 0.6) is 0 Å². The number of rotatable bonds is 3. The van der Waals surface area contributed by atoms with Crippen LogP contribution >= 0.6 is 35.6 Å². The van der Waals surface area contributed by atoms with Crippen LogP contribution in [0.4, 0.5) is 5.69 Å². The fourth-order valence-corrected chi connectivity index (χ4v) is 6.51. The van der Waals surface area contributed by atoms with Gasteiger partial charge < -0.3 is 4.90 Å². The van der Waals surface area contributed by atoms with Crippen molar-refractivity contribution in [3.05, 3.63) is 65.2 Å². The molecule has 5 rings (SSSR count). The molecule has 2 amide bonds. The van der Waals surface area contributed by atoms with E-state index < -0.39 is 18.1 Å². The number of hydroxylamine groups is 2. The Labute approximate surface area is 201 Å². The summed E-state index contributed by atoms with van der Waals surface area (Å²) in [6.07, 6.45) is -0.890. The monoisotopic (exact) mass is 487 g/mol. The predicted molar refractivity (Wildman–Crippen MR) is 129 cm³/mol. The molecule has 0 radical (unpaired) electrons. The molecule has 3 aliphatic heterocycles. The molecule has 3 fully saturated rings. The standard InChI is InChI=1S/C23H22ClN3O3S2/c1-23(2)21(32-22(31)25(23)3)27-17(13-9-11-14(24)12-10-13)16-18(30-27)20(29)26(19(16)28)15-7-5-4-6-8-15/h4-12,16-18,21H,1-3H3/t16-,17+,18+,21+/m1/s1. The van der Waals surface area contributed by atoms with Crippen molar-refractivity contribution in [2.75, 3.05) is 11.9 Å². The number of hydrogen-bond donors (Lipinski definition) is 0. The van der Waals surface area contributed by atoms with Crippen LogP contribution in [-0.2, 0) is 14.4 Å². The third kappa shape index (κ3) is 3.20. The average molecular weight is 488 g/mol. The van der Waals surface area contributed by atoms with Crippen LogP contribution in [0.2, 0.25) is 5.02 Å². The van der Waals surface area contributed by atoms with Crippen LogP contribution < -0.4 is 4.90 Å². The Balaban J connectivity index is 1.58. The molecule has 3 aliphatic rings. The molecule has 2 aromatic carbocycles. The smallest absolute Gasteiger partial charge is 0.265 e. The first kappa shape index (κ1) is 21.9. The summed E-state index contributed by atoms with van der Waals surface area (Å²) in [5.41, 5.74) is 1.06. The fraction of sp³-hybridized carbons (Fsp3) is 0.348. The van der Waals surface area contributed by atoms with Crippen LogP contribution in [-0.4, -0.2) is 50.2 Å². The Morgan fingerprint density at radius 1 is 1.03 bits per heavy atom. The molecule has 32 heavy (non-hydrogen) atoms. The van der Waals surface area contributed by atoms with Gasteiger partial charge in [-0.05, 0) is 43.7 Å². The summed E-state index contributed by atoms with van der Waals surface area (Å²) < 4.78 is 0.749. The van der Waals surface area contributed by atoms with Gasteiger partial charge in [0.1, 0.15) is 9.69 Å². The number of imide groups is 1. The van der Waals surface area contributed by atoms with Gasteiger partial charge in [-0.3, -0.25) is 14.4 Å². The normalized spacial score (nSPS) is 29.8. The highest BCUT2D eigenvalue weighted by molar-refractivity contribution is 8.23. The fourth-order valence-electron chi connectivity index (χ4n) is 4.56. The summed E-state index contributed by atoms with van der Waals surface area (Å²) in [5, 5.41) is 2.22. The molecule has 6 nitrogen and oxygen atoms in total. The molecule has 0 aromatic heterocycles. The maximum absolute atomic E-state index is 13.6. The molecule has 166 valence electrons. The van der Waals surface area contributed by atoms with Gasteiger partial charge in [0.15, 0.2) is 6.10 Å². The molecule has 0 N–H and O–H groups in total. The molecular formula is C23H22ClN3O3S2. The van der Waals surface area contributed by atoms with E-state index in [4.69, 9.17) is 28.7 Å². The molecule has 0 spiro atoms. The summed E-state index contributed by atoms with van der Waals surface area (Å²) >= 11 is 13.2. The summed E-state index contributed by atoms with van der Waals surface area (Å²) in [6.45, 7) is 4.17. The van der Waals surface area contributed by atoms with Crippen molar-refractivity contribution in [1.29, 1.82) is 0 Å². The lowest BCUT2D eigenvalue weighted by atomic mass is 9.90. The zero-order valence-corrected chi connectivity index (χ0v) is 20.2. The summed E-state index contributed by atoms with van der Waals surface area (Å²) in [7, 11) is 1.96. The van der Waals surface area contributed by atoms with E-state index >= 15 is 0 Å². The molecule has 0 aliphatic carbocycles. The average Bonchev–Trinajstić information content (AvgIpc) is 3.34. The van der Waals surface area contributed by atoms with Gasteiger partial charge in [0.25, 0.3) is 5.91 Å². The van der Waals surface area contributed by atoms with Crippen LogP contribution in [0.25, 0.3) is 0 Å². The molecular weight excluding hydrogens is 466 g/mol. The minimum Gasteiger partial charge on any atom is -0.353 e. The van der Waals surface area contributed by atoms with Gasteiger partial charge in [0.05, 0.1) is 23.2 Å². The van der Waals surface area contributed by atoms with Crippen molar-refractivity contribution in [3.63, 3.8) is 0 Å². The molecule has 9 heteroatoms. The van der Waals surface area contributed by atoms with E-state index in [1.165, 1.54) is 16.7 Å². The van der Waals surface area contributed by atoms with E-state index in [9.17, 15) is 9.59 Å². The van der Waals surface area contributed by atoms with E-state index in [2.05, 4.69) is 13.8 Å². The first-order valence-electron chi connectivity index (χ1n) is 10.3. The Hall–Kier alpha value is -1.97. The highest BCUT2D eigenvalue weighted by atomic mass is 35.5. The van der Waals surface area contributed by atoms with E-state index in [-0.39, 0.29) is 22.7 Å². The minimum absolute atomic E-state index is 0.197. The van der Waals surface area contributed by atoms with Gasteiger partial charge >= 0.3 is 0 Å². The molecule has 3 saturated heterocycles. The number of anilines is 1. The highest BCUT2D eigenvalue weighted by Gasteiger charge is 2.63. The van der Waals surface area contributed by atoms with Crippen LogP contribution in [0.15, 0.2) is 54.6 Å². The second-order valence-corrected chi connectivity index (χ2v) is 10.9. The van der Waals surface area contributed by atoms with Gasteiger partial charge in [-0.2, -0.15) is 5.06 Å². The molecule has 3 heterocycles. The number of halogens is 1. The Kier molecular flexibility index (Phi) is 5.34. The van der Waals surface area contributed by atoms with Gasteiger partial charge in [-0.15, -0.1) is 0 Å². The highest BCUT2D eigenvalue weighted by Crippen LogP contribution is 2.52. The van der Waals surface area contributed by atoms with Crippen molar-refractivity contribution in [1.82, 2.24) is 9.96 Å². The number of nitrogens with zero attached hydrogens (tertiary/aromatic N) is 3. The number of fused-ring (bicyclic) bond motifs is 1. The number of thioether (sulfide) groups is 1. The van der Waals surface area contributed by atoms with Gasteiger partial charge in [0.2, 0.25) is 5.91 Å². The summed E-state index contributed by atoms with van der Waals surface area (Å²) in [6, 6.07) is 15.9. The lowest BCUT2D eigenvalue weighted by molar-refractivity contribution is -0.188. The first-order chi connectivity index (χ1) is 15.2. The van der Waals surface area contributed by atoms with Crippen LogP contribution in [0.1, 0.15) is 25.5 Å². The quantitative estimate of drug-likeness (QED) is 0.473. The van der Waals surface area contributed by atoms with Crippen LogP contribution in [0, 0.1) is 5.92 Å². The minimum atomic E-state index is -0.890. The van der Waals surface area contributed by atoms with Crippen molar-refractivity contribution >= 4 is 57.4 Å². The molecule has 0 unspecified atom stereocenters. The van der Waals surface area contributed by atoms with E-state index in [0.717, 1.165) is 9.88 Å². The Morgan fingerprint density at radius 2 is 1.69 bits per heavy atom. The summed E-state index contributed by atoms with van der Waals surface area (Å²) in [5.74, 6) is -1.27. The molecule has 2 aromatic rings. The number of carbonyl (C=O) groups excluding carboxylic acids is 2. The second-order valence-electron chi connectivity index (χ2n) is 8.70. The van der Waals surface area contributed by atoms with Gasteiger partial charge in [0, 0.05) is 12.1 Å². The zero-order chi connectivity index (χ0) is 22.8. The number of likely N-dealkylation sites (N-methyl/N-ethyl adjacent to an activating group) is 1. The van der Waals surface area contributed by atoms with Crippen molar-refractivity contribution in [3.8, 4) is 0 Å². The largest absolute Gasteiger partial charge is 0.353 e.